The number of hydrogen-bond acceptors (Lipinski definition) is 5. The summed E-state index contributed by atoms with van der Waals surface area (Å²) >= 11 is 3.24. The normalized spacial score (nSPS) is 11.1. The van der Waals surface area contributed by atoms with Gasteiger partial charge in [0.25, 0.3) is 0 Å². The zero-order valence-corrected chi connectivity index (χ0v) is 19.7. The second kappa shape index (κ2) is 9.67. The highest BCUT2D eigenvalue weighted by atomic mass is 32.1. The van der Waals surface area contributed by atoms with E-state index in [1.165, 1.54) is 11.3 Å². The average molecular weight is 451 g/mol. The lowest BCUT2D eigenvalue weighted by Crippen LogP contribution is -2.01. The molecular weight excluding hydrogens is 424 g/mol. The molecule has 0 spiro atoms. The minimum absolute atomic E-state index is 0.664. The van der Waals surface area contributed by atoms with Gasteiger partial charge in [0.2, 0.25) is 0 Å². The van der Waals surface area contributed by atoms with E-state index in [1.54, 1.807) is 11.3 Å². The molecular formula is C26H26O3S2. The average Bonchev–Trinajstić information content (AvgIpc) is 3.46. The lowest BCUT2D eigenvalue weighted by atomic mass is 10.0. The zero-order chi connectivity index (χ0) is 21.8. The van der Waals surface area contributed by atoms with Crippen LogP contribution in [0.1, 0.15) is 41.9 Å². The maximum atomic E-state index is 11.1. The molecule has 0 aliphatic carbocycles. The van der Waals surface area contributed by atoms with Crippen LogP contribution in [-0.4, -0.2) is 19.5 Å². The SMILES string of the molecule is CCCOc1c(C)ccc2c(OCCC)c(-c3ccc(-c4ccc(C=O)s4)s3)ccc12. The highest BCUT2D eigenvalue weighted by Gasteiger charge is 2.17. The van der Waals surface area contributed by atoms with E-state index < -0.39 is 0 Å². The van der Waals surface area contributed by atoms with Gasteiger partial charge in [0.15, 0.2) is 6.29 Å². The van der Waals surface area contributed by atoms with Crippen LogP contribution >= 0.6 is 22.7 Å². The quantitative estimate of drug-likeness (QED) is 0.242. The molecule has 2 heterocycles. The van der Waals surface area contributed by atoms with Crippen molar-refractivity contribution in [2.45, 2.75) is 33.6 Å². The molecule has 4 aromatic rings. The molecule has 0 unspecified atom stereocenters. The van der Waals surface area contributed by atoms with Crippen LogP contribution in [0.5, 0.6) is 11.5 Å². The van der Waals surface area contributed by atoms with Crippen LogP contribution in [0.4, 0.5) is 0 Å². The Morgan fingerprint density at radius 1 is 0.742 bits per heavy atom. The summed E-state index contributed by atoms with van der Waals surface area (Å²) in [7, 11) is 0. The number of thiophene rings is 2. The number of aldehydes is 1. The number of carbonyl (C=O) groups is 1. The first-order valence-corrected chi connectivity index (χ1v) is 12.3. The fraction of sp³-hybridized carbons (Fsp3) is 0.269. The second-order valence-electron chi connectivity index (χ2n) is 7.43. The van der Waals surface area contributed by atoms with Gasteiger partial charge in [0, 0.05) is 31.0 Å². The van der Waals surface area contributed by atoms with Gasteiger partial charge in [-0.05, 0) is 61.7 Å². The first kappa shape index (κ1) is 21.6. The largest absolute Gasteiger partial charge is 0.493 e. The molecule has 5 heteroatoms. The number of aryl methyl sites for hydroxylation is 1. The molecule has 2 aromatic carbocycles. The van der Waals surface area contributed by atoms with Gasteiger partial charge >= 0.3 is 0 Å². The van der Waals surface area contributed by atoms with Crippen LogP contribution in [0.15, 0.2) is 48.5 Å². The summed E-state index contributed by atoms with van der Waals surface area (Å²) in [5.41, 5.74) is 2.23. The summed E-state index contributed by atoms with van der Waals surface area (Å²) < 4.78 is 12.4. The van der Waals surface area contributed by atoms with Crippen molar-refractivity contribution in [1.82, 2.24) is 0 Å². The van der Waals surface area contributed by atoms with E-state index in [0.29, 0.717) is 13.2 Å². The van der Waals surface area contributed by atoms with Gasteiger partial charge in [0.1, 0.15) is 11.5 Å². The van der Waals surface area contributed by atoms with Gasteiger partial charge in [-0.3, -0.25) is 4.79 Å². The van der Waals surface area contributed by atoms with E-state index in [0.717, 1.165) is 72.0 Å². The Bertz CT molecular complexity index is 1200. The number of carbonyl (C=O) groups excluding carboxylic acids is 1. The molecule has 2 aromatic heterocycles. The van der Waals surface area contributed by atoms with E-state index in [1.807, 2.05) is 12.1 Å². The molecule has 0 amide bonds. The lowest BCUT2D eigenvalue weighted by molar-refractivity contribution is 0.112. The number of fused-ring (bicyclic) bond motifs is 1. The third kappa shape index (κ3) is 4.39. The topological polar surface area (TPSA) is 35.5 Å². The molecule has 0 saturated heterocycles. The second-order valence-corrected chi connectivity index (χ2v) is 9.63. The van der Waals surface area contributed by atoms with Crippen LogP contribution in [0.2, 0.25) is 0 Å². The summed E-state index contributed by atoms with van der Waals surface area (Å²) in [5, 5.41) is 2.17. The van der Waals surface area contributed by atoms with E-state index in [9.17, 15) is 4.79 Å². The molecule has 0 saturated carbocycles. The van der Waals surface area contributed by atoms with Crippen LogP contribution in [0.25, 0.3) is 31.0 Å². The summed E-state index contributed by atoms with van der Waals surface area (Å²) in [6.45, 7) is 7.69. The van der Waals surface area contributed by atoms with Crippen molar-refractivity contribution in [3.63, 3.8) is 0 Å². The predicted molar refractivity (Wildman–Crippen MR) is 132 cm³/mol. The van der Waals surface area contributed by atoms with Crippen molar-refractivity contribution in [2.75, 3.05) is 13.2 Å². The van der Waals surface area contributed by atoms with Gasteiger partial charge in [-0.1, -0.05) is 26.0 Å². The fourth-order valence-electron chi connectivity index (χ4n) is 3.57. The zero-order valence-electron chi connectivity index (χ0n) is 18.1. The molecule has 160 valence electrons. The van der Waals surface area contributed by atoms with Crippen molar-refractivity contribution < 1.29 is 14.3 Å². The minimum atomic E-state index is 0.664. The number of benzene rings is 2. The monoisotopic (exact) mass is 450 g/mol. The fourth-order valence-corrected chi connectivity index (χ4v) is 5.51. The van der Waals surface area contributed by atoms with Crippen molar-refractivity contribution in [1.29, 1.82) is 0 Å². The molecule has 3 nitrogen and oxygen atoms in total. The Morgan fingerprint density at radius 3 is 2.06 bits per heavy atom. The van der Waals surface area contributed by atoms with Gasteiger partial charge in [-0.25, -0.2) is 0 Å². The number of ether oxygens (including phenoxy) is 2. The van der Waals surface area contributed by atoms with Crippen molar-refractivity contribution in [3.8, 4) is 31.7 Å². The Balaban J connectivity index is 1.82. The maximum Gasteiger partial charge on any atom is 0.160 e. The van der Waals surface area contributed by atoms with Gasteiger partial charge in [-0.15, -0.1) is 22.7 Å². The Morgan fingerprint density at radius 2 is 1.35 bits per heavy atom. The molecule has 0 fully saturated rings. The third-order valence-corrected chi connectivity index (χ3v) is 7.38. The summed E-state index contributed by atoms with van der Waals surface area (Å²) in [6, 6.07) is 16.7. The summed E-state index contributed by atoms with van der Waals surface area (Å²) in [6.07, 6.45) is 2.82. The predicted octanol–water partition coefficient (Wildman–Crippen LogP) is 8.00. The van der Waals surface area contributed by atoms with Crippen LogP contribution in [0, 0.1) is 6.92 Å². The van der Waals surface area contributed by atoms with Crippen LogP contribution in [-0.2, 0) is 0 Å². The standard InChI is InChI=1S/C26H26O3S2/c1-4-14-28-25-17(3)6-8-20-19(25)9-10-21(26(20)29-15-5-2)22-12-13-24(31-22)23-11-7-18(16-27)30-23/h6-13,16H,4-5,14-15H2,1-3H3. The van der Waals surface area contributed by atoms with Crippen molar-refractivity contribution in [3.05, 3.63) is 59.0 Å². The molecule has 0 aliphatic rings. The van der Waals surface area contributed by atoms with Gasteiger partial charge in [0.05, 0.1) is 18.1 Å². The van der Waals surface area contributed by atoms with Gasteiger partial charge in [-0.2, -0.15) is 0 Å². The molecule has 0 aliphatic heterocycles. The van der Waals surface area contributed by atoms with Crippen molar-refractivity contribution in [2.24, 2.45) is 0 Å². The van der Waals surface area contributed by atoms with Gasteiger partial charge < -0.3 is 9.47 Å². The molecule has 4 rings (SSSR count). The maximum absolute atomic E-state index is 11.1. The number of hydrogen-bond donors (Lipinski definition) is 0. The highest BCUT2D eigenvalue weighted by molar-refractivity contribution is 7.24. The minimum Gasteiger partial charge on any atom is -0.493 e. The molecule has 0 radical (unpaired) electrons. The summed E-state index contributed by atoms with van der Waals surface area (Å²) in [4.78, 5) is 15.2. The van der Waals surface area contributed by atoms with Crippen LogP contribution in [0.3, 0.4) is 0 Å². The molecule has 0 bridgehead atoms. The number of rotatable bonds is 9. The molecule has 0 N–H and O–H groups in total. The summed E-state index contributed by atoms with van der Waals surface area (Å²) in [5.74, 6) is 1.85. The van der Waals surface area contributed by atoms with E-state index in [-0.39, 0.29) is 0 Å². The Kier molecular flexibility index (Phi) is 6.73. The first-order valence-electron chi connectivity index (χ1n) is 10.6. The van der Waals surface area contributed by atoms with Crippen molar-refractivity contribution >= 4 is 39.7 Å². The highest BCUT2D eigenvalue weighted by Crippen LogP contribution is 2.45. The smallest absolute Gasteiger partial charge is 0.160 e. The Hall–Kier alpha value is -2.63. The van der Waals surface area contributed by atoms with E-state index in [2.05, 4.69) is 57.2 Å². The van der Waals surface area contributed by atoms with E-state index in [4.69, 9.17) is 9.47 Å². The van der Waals surface area contributed by atoms with Crippen LogP contribution < -0.4 is 9.47 Å². The molecule has 0 atom stereocenters. The first-order chi connectivity index (χ1) is 15.2. The third-order valence-electron chi connectivity index (χ3n) is 5.06. The van der Waals surface area contributed by atoms with E-state index >= 15 is 0 Å². The Labute approximate surface area is 191 Å². The molecule has 31 heavy (non-hydrogen) atoms. The lowest BCUT2D eigenvalue weighted by Gasteiger charge is -2.17.